The molecule has 1 heterocycles. The lowest BCUT2D eigenvalue weighted by molar-refractivity contribution is 0.431. The van der Waals surface area contributed by atoms with Crippen molar-refractivity contribution in [1.29, 1.82) is 0 Å². The summed E-state index contributed by atoms with van der Waals surface area (Å²) in [6.07, 6.45) is 0. The molecular weight excluding hydrogens is 263 g/mol. The maximum absolute atomic E-state index is 13.9. The second-order valence-electron chi connectivity index (χ2n) is 4.22. The number of benzene rings is 1. The van der Waals surface area contributed by atoms with Gasteiger partial charge in [-0.05, 0) is 44.3 Å². The Kier molecular flexibility index (Phi) is 4.61. The summed E-state index contributed by atoms with van der Waals surface area (Å²) in [5.41, 5.74) is 1.52. The Morgan fingerprint density at radius 1 is 1.37 bits per heavy atom. The Hall–Kier alpha value is -1.33. The lowest BCUT2D eigenvalue weighted by atomic mass is 10.2. The minimum Gasteiger partial charge on any atom is -0.436 e. The maximum atomic E-state index is 13.9. The molecule has 102 valence electrons. The highest BCUT2D eigenvalue weighted by molar-refractivity contribution is 7.99. The summed E-state index contributed by atoms with van der Waals surface area (Å²) in [6.45, 7) is 7.07. The predicted molar refractivity (Wildman–Crippen MR) is 73.9 cm³/mol. The summed E-state index contributed by atoms with van der Waals surface area (Å²) in [6, 6.07) is 5.06. The van der Waals surface area contributed by atoms with E-state index in [0.29, 0.717) is 17.3 Å². The van der Waals surface area contributed by atoms with Crippen LogP contribution < -0.4 is 5.32 Å². The Morgan fingerprint density at radius 2 is 2.16 bits per heavy atom. The number of nitrogens with zero attached hydrogens (tertiary/aromatic N) is 1. The molecule has 0 saturated heterocycles. The van der Waals surface area contributed by atoms with Gasteiger partial charge in [0.15, 0.2) is 0 Å². The van der Waals surface area contributed by atoms with Gasteiger partial charge in [0.1, 0.15) is 11.6 Å². The first kappa shape index (κ1) is 14.1. The van der Waals surface area contributed by atoms with Crippen LogP contribution in [0.5, 0.6) is 0 Å². The van der Waals surface area contributed by atoms with Crippen LogP contribution in [0.4, 0.5) is 4.39 Å². The van der Waals surface area contributed by atoms with E-state index in [0.717, 1.165) is 22.9 Å². The van der Waals surface area contributed by atoms with Crippen LogP contribution in [0, 0.1) is 19.7 Å². The first-order valence-electron chi connectivity index (χ1n) is 6.21. The number of rotatable bonds is 5. The highest BCUT2D eigenvalue weighted by Crippen LogP contribution is 2.32. The summed E-state index contributed by atoms with van der Waals surface area (Å²) in [5, 5.41) is 3.70. The number of halogens is 1. The topological polar surface area (TPSA) is 38.1 Å². The van der Waals surface area contributed by atoms with E-state index >= 15 is 0 Å². The van der Waals surface area contributed by atoms with Crippen molar-refractivity contribution in [2.75, 3.05) is 6.54 Å². The largest absolute Gasteiger partial charge is 0.436 e. The van der Waals surface area contributed by atoms with E-state index in [1.807, 2.05) is 26.8 Å². The Balaban J connectivity index is 2.26. The van der Waals surface area contributed by atoms with Crippen molar-refractivity contribution in [1.82, 2.24) is 10.3 Å². The van der Waals surface area contributed by atoms with Crippen LogP contribution in [0.25, 0.3) is 0 Å². The minimum absolute atomic E-state index is 0.203. The average molecular weight is 280 g/mol. The molecule has 0 saturated carbocycles. The lowest BCUT2D eigenvalue weighted by Crippen LogP contribution is -2.13. The summed E-state index contributed by atoms with van der Waals surface area (Å²) in [5.74, 6) is 0.595. The smallest absolute Gasteiger partial charge is 0.261 e. The minimum atomic E-state index is -0.203. The molecule has 2 aromatic rings. The van der Waals surface area contributed by atoms with Crippen molar-refractivity contribution in [2.45, 2.75) is 37.4 Å². The fraction of sp³-hybridized carbons (Fsp3) is 0.357. The van der Waals surface area contributed by atoms with E-state index in [2.05, 4.69) is 10.3 Å². The number of aromatic nitrogens is 1. The van der Waals surface area contributed by atoms with Crippen molar-refractivity contribution in [2.24, 2.45) is 0 Å². The van der Waals surface area contributed by atoms with E-state index in [4.69, 9.17) is 4.42 Å². The lowest BCUT2D eigenvalue weighted by Gasteiger charge is -2.08. The molecule has 1 aromatic carbocycles. The van der Waals surface area contributed by atoms with Gasteiger partial charge in [-0.1, -0.05) is 13.0 Å². The number of hydrogen-bond acceptors (Lipinski definition) is 4. The Bertz CT molecular complexity index is 549. The third-order valence-electron chi connectivity index (χ3n) is 2.83. The molecule has 5 heteroatoms. The predicted octanol–water partition coefficient (Wildman–Crippen LogP) is 3.69. The van der Waals surface area contributed by atoms with Gasteiger partial charge in [0.25, 0.3) is 5.22 Å². The molecule has 0 bridgehead atoms. The second kappa shape index (κ2) is 6.21. The van der Waals surface area contributed by atoms with Crippen LogP contribution in [0.2, 0.25) is 0 Å². The first-order chi connectivity index (χ1) is 9.11. The van der Waals surface area contributed by atoms with Gasteiger partial charge in [0.05, 0.1) is 5.69 Å². The van der Waals surface area contributed by atoms with Gasteiger partial charge in [-0.2, -0.15) is 0 Å². The van der Waals surface area contributed by atoms with Gasteiger partial charge < -0.3 is 9.73 Å². The zero-order valence-corrected chi connectivity index (χ0v) is 12.1. The number of aryl methyl sites for hydroxylation is 2. The third kappa shape index (κ3) is 3.36. The number of nitrogens with one attached hydrogen (secondary N) is 1. The van der Waals surface area contributed by atoms with Crippen LogP contribution in [-0.4, -0.2) is 11.5 Å². The standard InChI is InChI=1S/C14H17FN2OS/c1-4-16-8-11-12(15)6-5-7-13(11)19-14-17-9(2)10(3)18-14/h5-7,16H,4,8H2,1-3H3. The van der Waals surface area contributed by atoms with Crippen molar-refractivity contribution in [3.63, 3.8) is 0 Å². The van der Waals surface area contributed by atoms with Gasteiger partial charge in [-0.25, -0.2) is 9.37 Å². The van der Waals surface area contributed by atoms with Gasteiger partial charge >= 0.3 is 0 Å². The fourth-order valence-electron chi connectivity index (χ4n) is 1.64. The zero-order valence-electron chi connectivity index (χ0n) is 11.3. The van der Waals surface area contributed by atoms with E-state index in [-0.39, 0.29) is 5.82 Å². The Morgan fingerprint density at radius 3 is 2.79 bits per heavy atom. The monoisotopic (exact) mass is 280 g/mol. The molecule has 0 atom stereocenters. The van der Waals surface area contributed by atoms with Gasteiger partial charge in [-0.3, -0.25) is 0 Å². The van der Waals surface area contributed by atoms with Crippen molar-refractivity contribution >= 4 is 11.8 Å². The van der Waals surface area contributed by atoms with Gasteiger partial charge in [0.2, 0.25) is 0 Å². The van der Waals surface area contributed by atoms with Crippen LogP contribution in [-0.2, 0) is 6.54 Å². The molecule has 0 aliphatic carbocycles. The average Bonchev–Trinajstić information content (AvgIpc) is 2.68. The summed E-state index contributed by atoms with van der Waals surface area (Å²) >= 11 is 1.36. The first-order valence-corrected chi connectivity index (χ1v) is 7.03. The van der Waals surface area contributed by atoms with Gasteiger partial charge in [0, 0.05) is 17.0 Å². The third-order valence-corrected chi connectivity index (χ3v) is 3.79. The highest BCUT2D eigenvalue weighted by atomic mass is 32.2. The van der Waals surface area contributed by atoms with Crippen LogP contribution >= 0.6 is 11.8 Å². The molecule has 0 unspecified atom stereocenters. The van der Waals surface area contributed by atoms with Crippen LogP contribution in [0.15, 0.2) is 32.7 Å². The van der Waals surface area contributed by atoms with Crippen molar-refractivity contribution in [3.05, 3.63) is 41.0 Å². The Labute approximate surface area is 116 Å². The fourth-order valence-corrected chi connectivity index (χ4v) is 2.61. The van der Waals surface area contributed by atoms with E-state index in [1.54, 1.807) is 6.07 Å². The number of hydrogen-bond donors (Lipinski definition) is 1. The molecule has 1 aromatic heterocycles. The molecule has 0 aliphatic rings. The number of oxazole rings is 1. The molecule has 3 nitrogen and oxygen atoms in total. The maximum Gasteiger partial charge on any atom is 0.261 e. The molecule has 2 rings (SSSR count). The van der Waals surface area contributed by atoms with Crippen LogP contribution in [0.1, 0.15) is 23.9 Å². The van der Waals surface area contributed by atoms with E-state index in [1.165, 1.54) is 17.8 Å². The zero-order chi connectivity index (χ0) is 13.8. The summed E-state index contributed by atoms with van der Waals surface area (Å²) < 4.78 is 19.4. The van der Waals surface area contributed by atoms with E-state index < -0.39 is 0 Å². The molecule has 0 aliphatic heterocycles. The SMILES string of the molecule is CCNCc1c(F)cccc1Sc1nc(C)c(C)o1. The van der Waals surface area contributed by atoms with Crippen molar-refractivity contribution < 1.29 is 8.81 Å². The second-order valence-corrected chi connectivity index (χ2v) is 5.21. The van der Waals surface area contributed by atoms with Crippen molar-refractivity contribution in [3.8, 4) is 0 Å². The molecule has 0 spiro atoms. The normalized spacial score (nSPS) is 10.9. The van der Waals surface area contributed by atoms with Crippen LogP contribution in [0.3, 0.4) is 0 Å². The van der Waals surface area contributed by atoms with Gasteiger partial charge in [-0.15, -0.1) is 0 Å². The molecule has 0 amide bonds. The summed E-state index contributed by atoms with van der Waals surface area (Å²) in [7, 11) is 0. The molecule has 1 N–H and O–H groups in total. The quantitative estimate of drug-likeness (QED) is 0.906. The molecular formula is C14H17FN2OS. The molecule has 19 heavy (non-hydrogen) atoms. The highest BCUT2D eigenvalue weighted by Gasteiger charge is 2.13. The summed E-state index contributed by atoms with van der Waals surface area (Å²) in [4.78, 5) is 5.15. The molecule has 0 fully saturated rings. The molecule has 0 radical (unpaired) electrons. The van der Waals surface area contributed by atoms with E-state index in [9.17, 15) is 4.39 Å².